The Labute approximate surface area is 190 Å². The largest absolute Gasteiger partial charge is 0.463 e. The summed E-state index contributed by atoms with van der Waals surface area (Å²) in [5.41, 5.74) is 1.55. The first-order chi connectivity index (χ1) is 15.5. The lowest BCUT2D eigenvalue weighted by atomic mass is 9.94. The lowest BCUT2D eigenvalue weighted by molar-refractivity contribution is 0.0547. The van der Waals surface area contributed by atoms with Crippen LogP contribution in [-0.2, 0) is 16.1 Å². The quantitative estimate of drug-likeness (QED) is 0.496. The normalized spacial score (nSPS) is 14.6. The third-order valence-corrected chi connectivity index (χ3v) is 6.05. The lowest BCUT2D eigenvalue weighted by Crippen LogP contribution is -2.23. The van der Waals surface area contributed by atoms with E-state index in [4.69, 9.17) is 13.9 Å². The first-order valence-electron chi connectivity index (χ1n) is 10.6. The Hall–Kier alpha value is -2.88. The maximum Gasteiger partial charge on any atom is 0.257 e. The molecule has 0 aromatic carbocycles. The van der Waals surface area contributed by atoms with Crippen LogP contribution in [0.2, 0.25) is 0 Å². The van der Waals surface area contributed by atoms with Crippen LogP contribution in [0.25, 0.3) is 11.5 Å². The number of amides is 1. The SMILES string of the molecule is CC(C)OCc1cc(C(=O)Nc2nc(-c3ccco3)c(C(=O)C3CCOCC3)s2)ccn1. The van der Waals surface area contributed by atoms with Gasteiger partial charge in [0.1, 0.15) is 10.6 Å². The maximum absolute atomic E-state index is 13.2. The molecule has 4 heterocycles. The monoisotopic (exact) mass is 455 g/mol. The van der Waals surface area contributed by atoms with Crippen LogP contribution >= 0.6 is 11.3 Å². The van der Waals surface area contributed by atoms with Crippen molar-refractivity contribution in [1.29, 1.82) is 0 Å². The minimum atomic E-state index is -0.331. The summed E-state index contributed by atoms with van der Waals surface area (Å²) in [5.74, 6) is 0.0529. The highest BCUT2D eigenvalue weighted by atomic mass is 32.1. The van der Waals surface area contributed by atoms with Gasteiger partial charge in [-0.2, -0.15) is 0 Å². The molecule has 0 atom stereocenters. The summed E-state index contributed by atoms with van der Waals surface area (Å²) in [4.78, 5) is 35.3. The second-order valence-corrected chi connectivity index (χ2v) is 8.77. The molecule has 1 aliphatic rings. The molecule has 4 rings (SSSR count). The van der Waals surface area contributed by atoms with Gasteiger partial charge in [-0.25, -0.2) is 4.98 Å². The number of nitrogens with one attached hydrogen (secondary N) is 1. The van der Waals surface area contributed by atoms with Crippen LogP contribution in [0.4, 0.5) is 5.13 Å². The number of aromatic nitrogens is 2. The maximum atomic E-state index is 13.2. The summed E-state index contributed by atoms with van der Waals surface area (Å²) in [6.07, 6.45) is 4.52. The zero-order valence-corrected chi connectivity index (χ0v) is 18.8. The molecule has 1 aliphatic heterocycles. The van der Waals surface area contributed by atoms with E-state index in [-0.39, 0.29) is 23.7 Å². The predicted molar refractivity (Wildman–Crippen MR) is 120 cm³/mol. The Bertz CT molecular complexity index is 1070. The summed E-state index contributed by atoms with van der Waals surface area (Å²) < 4.78 is 16.4. The summed E-state index contributed by atoms with van der Waals surface area (Å²) >= 11 is 1.17. The highest BCUT2D eigenvalue weighted by Gasteiger charge is 2.29. The van der Waals surface area contributed by atoms with E-state index in [1.807, 2.05) is 13.8 Å². The fraction of sp³-hybridized carbons (Fsp3) is 0.391. The van der Waals surface area contributed by atoms with Gasteiger partial charge in [-0.3, -0.25) is 19.9 Å². The lowest BCUT2D eigenvalue weighted by Gasteiger charge is -2.20. The van der Waals surface area contributed by atoms with Crippen molar-refractivity contribution >= 4 is 28.2 Å². The van der Waals surface area contributed by atoms with Gasteiger partial charge >= 0.3 is 0 Å². The van der Waals surface area contributed by atoms with E-state index < -0.39 is 0 Å². The van der Waals surface area contributed by atoms with Crippen molar-refractivity contribution in [1.82, 2.24) is 9.97 Å². The Morgan fingerprint density at radius 1 is 1.28 bits per heavy atom. The first kappa shape index (κ1) is 22.3. The van der Waals surface area contributed by atoms with E-state index in [1.54, 1.807) is 30.5 Å². The van der Waals surface area contributed by atoms with Gasteiger partial charge in [0, 0.05) is 30.9 Å². The number of thiazole rings is 1. The molecule has 32 heavy (non-hydrogen) atoms. The average Bonchev–Trinajstić information content (AvgIpc) is 3.48. The zero-order chi connectivity index (χ0) is 22.5. The number of nitrogens with zero attached hydrogens (tertiary/aromatic N) is 2. The van der Waals surface area contributed by atoms with Crippen LogP contribution in [0.3, 0.4) is 0 Å². The topological polar surface area (TPSA) is 104 Å². The van der Waals surface area contributed by atoms with Gasteiger partial charge < -0.3 is 13.9 Å². The Morgan fingerprint density at radius 3 is 2.81 bits per heavy atom. The number of hydrogen-bond acceptors (Lipinski definition) is 8. The number of anilines is 1. The molecule has 3 aromatic rings. The van der Waals surface area contributed by atoms with Gasteiger partial charge in [-0.1, -0.05) is 11.3 Å². The molecule has 8 nitrogen and oxygen atoms in total. The number of hydrogen-bond donors (Lipinski definition) is 1. The van der Waals surface area contributed by atoms with Gasteiger partial charge in [0.15, 0.2) is 16.7 Å². The molecule has 168 valence electrons. The molecule has 0 spiro atoms. The second-order valence-electron chi connectivity index (χ2n) is 7.77. The van der Waals surface area contributed by atoms with Crippen molar-refractivity contribution in [2.75, 3.05) is 18.5 Å². The molecular formula is C23H25N3O5S. The van der Waals surface area contributed by atoms with Gasteiger partial charge in [-0.15, -0.1) is 0 Å². The summed E-state index contributed by atoms with van der Waals surface area (Å²) in [6, 6.07) is 6.81. The van der Waals surface area contributed by atoms with Crippen molar-refractivity contribution in [3.8, 4) is 11.5 Å². The van der Waals surface area contributed by atoms with E-state index in [0.29, 0.717) is 65.4 Å². The molecule has 0 bridgehead atoms. The fourth-order valence-electron chi connectivity index (χ4n) is 3.39. The Balaban J connectivity index is 1.55. The van der Waals surface area contributed by atoms with E-state index in [2.05, 4.69) is 15.3 Å². The predicted octanol–water partition coefficient (Wildman–Crippen LogP) is 4.58. The summed E-state index contributed by atoms with van der Waals surface area (Å²) in [7, 11) is 0. The van der Waals surface area contributed by atoms with E-state index in [9.17, 15) is 9.59 Å². The smallest absolute Gasteiger partial charge is 0.257 e. The van der Waals surface area contributed by atoms with Crippen LogP contribution < -0.4 is 5.32 Å². The van der Waals surface area contributed by atoms with Gasteiger partial charge in [0.25, 0.3) is 5.91 Å². The van der Waals surface area contributed by atoms with Gasteiger partial charge in [-0.05, 0) is 51.0 Å². The molecule has 1 amide bonds. The van der Waals surface area contributed by atoms with E-state index in [1.165, 1.54) is 17.6 Å². The summed E-state index contributed by atoms with van der Waals surface area (Å²) in [5, 5.41) is 3.15. The van der Waals surface area contributed by atoms with Crippen molar-refractivity contribution in [2.45, 2.75) is 39.4 Å². The first-order valence-corrected chi connectivity index (χ1v) is 11.4. The number of carbonyl (C=O) groups excluding carboxylic acids is 2. The zero-order valence-electron chi connectivity index (χ0n) is 18.0. The van der Waals surface area contributed by atoms with Crippen molar-refractivity contribution < 1.29 is 23.5 Å². The molecule has 0 unspecified atom stereocenters. The second kappa shape index (κ2) is 10.2. The fourth-order valence-corrected chi connectivity index (χ4v) is 4.37. The van der Waals surface area contributed by atoms with Crippen molar-refractivity contribution in [3.63, 3.8) is 0 Å². The molecule has 0 radical (unpaired) electrons. The van der Waals surface area contributed by atoms with Crippen molar-refractivity contribution in [3.05, 3.63) is 52.9 Å². The minimum Gasteiger partial charge on any atom is -0.463 e. The Kier molecular flexibility index (Phi) is 7.09. The molecule has 0 aliphatic carbocycles. The van der Waals surface area contributed by atoms with Crippen LogP contribution in [0.5, 0.6) is 0 Å². The van der Waals surface area contributed by atoms with Gasteiger partial charge in [0.05, 0.1) is 24.7 Å². The van der Waals surface area contributed by atoms with Crippen LogP contribution in [0.15, 0.2) is 41.1 Å². The molecule has 9 heteroatoms. The number of pyridine rings is 1. The molecular weight excluding hydrogens is 430 g/mol. The van der Waals surface area contributed by atoms with Crippen LogP contribution in [0.1, 0.15) is 52.4 Å². The van der Waals surface area contributed by atoms with E-state index in [0.717, 1.165) is 0 Å². The van der Waals surface area contributed by atoms with Crippen LogP contribution in [0, 0.1) is 5.92 Å². The van der Waals surface area contributed by atoms with Crippen LogP contribution in [-0.4, -0.2) is 41.0 Å². The number of ether oxygens (including phenoxy) is 2. The third kappa shape index (κ3) is 5.29. The van der Waals surface area contributed by atoms with Gasteiger partial charge in [0.2, 0.25) is 0 Å². The molecule has 0 saturated carbocycles. The summed E-state index contributed by atoms with van der Waals surface area (Å²) in [6.45, 7) is 5.34. The molecule has 1 saturated heterocycles. The highest BCUT2D eigenvalue weighted by Crippen LogP contribution is 2.35. The highest BCUT2D eigenvalue weighted by molar-refractivity contribution is 7.18. The molecule has 1 N–H and O–H groups in total. The number of carbonyl (C=O) groups is 2. The Morgan fingerprint density at radius 2 is 2.09 bits per heavy atom. The number of furan rings is 1. The van der Waals surface area contributed by atoms with E-state index >= 15 is 0 Å². The number of Topliss-reactive ketones (excluding diaryl/α,β-unsaturated/α-hetero) is 1. The average molecular weight is 456 g/mol. The van der Waals surface area contributed by atoms with Crippen molar-refractivity contribution in [2.24, 2.45) is 5.92 Å². The third-order valence-electron chi connectivity index (χ3n) is 5.06. The molecule has 3 aromatic heterocycles. The number of ketones is 1. The minimum absolute atomic E-state index is 0.00901. The number of rotatable bonds is 8. The molecule has 1 fully saturated rings. The standard InChI is InChI=1S/C23H25N3O5S/c1-14(2)31-13-17-12-16(5-8-24-17)22(28)26-23-25-19(18-4-3-9-30-18)21(32-23)20(27)15-6-10-29-11-7-15/h3-5,8-9,12,14-15H,6-7,10-11,13H2,1-2H3,(H,25,26,28).